The highest BCUT2D eigenvalue weighted by molar-refractivity contribution is 5.74. The van der Waals surface area contributed by atoms with Crippen molar-refractivity contribution in [1.82, 2.24) is 0 Å². The summed E-state index contributed by atoms with van der Waals surface area (Å²) in [7, 11) is 0. The van der Waals surface area contributed by atoms with Gasteiger partial charge in [0.25, 0.3) is 0 Å². The van der Waals surface area contributed by atoms with Crippen LogP contribution < -0.4 is 9.47 Å². The lowest BCUT2D eigenvalue weighted by molar-refractivity contribution is -0.138. The summed E-state index contributed by atoms with van der Waals surface area (Å²) in [5, 5.41) is 17.1. The van der Waals surface area contributed by atoms with Gasteiger partial charge in [0, 0.05) is 31.7 Å². The van der Waals surface area contributed by atoms with Gasteiger partial charge in [-0.2, -0.15) is 0 Å². The number of benzene rings is 1. The molecule has 0 bridgehead atoms. The third-order valence-corrected chi connectivity index (χ3v) is 3.31. The molecule has 8 heteroatoms. The van der Waals surface area contributed by atoms with Crippen molar-refractivity contribution in [3.8, 4) is 11.5 Å². The van der Waals surface area contributed by atoms with E-state index < -0.39 is 23.9 Å². The standard InChI is InChI=1S/C18H22O8/c19-15(20)8-1-3-10-17(23)25-13-6-5-7-14(12-13)26-18(24)11-4-2-9-16(21)22/h5-7,12H,1-4,8-11H2,(H,19,20)(H,21,22). The number of carbonyl (C=O) groups excluding carboxylic acids is 2. The molecule has 0 atom stereocenters. The van der Waals surface area contributed by atoms with Crippen molar-refractivity contribution in [1.29, 1.82) is 0 Å². The van der Waals surface area contributed by atoms with Gasteiger partial charge in [-0.05, 0) is 37.8 Å². The van der Waals surface area contributed by atoms with E-state index in [9.17, 15) is 19.2 Å². The summed E-state index contributed by atoms with van der Waals surface area (Å²) in [5.74, 6) is -2.35. The number of aliphatic carboxylic acids is 2. The molecule has 2 N–H and O–H groups in total. The number of hydrogen-bond acceptors (Lipinski definition) is 6. The molecule has 142 valence electrons. The monoisotopic (exact) mass is 366 g/mol. The molecule has 0 unspecified atom stereocenters. The van der Waals surface area contributed by atoms with Crippen molar-refractivity contribution in [3.05, 3.63) is 24.3 Å². The zero-order valence-corrected chi connectivity index (χ0v) is 14.3. The minimum atomic E-state index is -0.907. The van der Waals surface area contributed by atoms with Crippen LogP contribution in [0.1, 0.15) is 51.4 Å². The van der Waals surface area contributed by atoms with E-state index in [1.807, 2.05) is 0 Å². The highest BCUT2D eigenvalue weighted by Crippen LogP contribution is 2.21. The normalized spacial score (nSPS) is 10.2. The van der Waals surface area contributed by atoms with Crippen molar-refractivity contribution in [3.63, 3.8) is 0 Å². The maximum Gasteiger partial charge on any atom is 0.311 e. The Balaban J connectivity index is 2.37. The largest absolute Gasteiger partial charge is 0.481 e. The topological polar surface area (TPSA) is 127 Å². The quantitative estimate of drug-likeness (QED) is 0.328. The number of rotatable bonds is 12. The second-order valence-corrected chi connectivity index (χ2v) is 5.62. The number of ether oxygens (including phenoxy) is 2. The van der Waals surface area contributed by atoms with Crippen LogP contribution in [0.15, 0.2) is 24.3 Å². The molecule has 8 nitrogen and oxygen atoms in total. The lowest BCUT2D eigenvalue weighted by Crippen LogP contribution is -2.10. The first-order valence-electron chi connectivity index (χ1n) is 8.32. The molecular formula is C18H22O8. The summed E-state index contributed by atoms with van der Waals surface area (Å²) in [5.41, 5.74) is 0. The first-order chi connectivity index (χ1) is 12.4. The molecule has 1 aromatic rings. The molecule has 0 saturated heterocycles. The third-order valence-electron chi connectivity index (χ3n) is 3.31. The van der Waals surface area contributed by atoms with Crippen molar-refractivity contribution in [2.45, 2.75) is 51.4 Å². The molecule has 1 aromatic carbocycles. The highest BCUT2D eigenvalue weighted by atomic mass is 16.5. The number of carboxylic acid groups (broad SMARTS) is 2. The molecule has 1 rings (SSSR count). The van der Waals surface area contributed by atoms with E-state index >= 15 is 0 Å². The number of carboxylic acids is 2. The molecule has 0 radical (unpaired) electrons. The van der Waals surface area contributed by atoms with Crippen molar-refractivity contribution >= 4 is 23.9 Å². The highest BCUT2D eigenvalue weighted by Gasteiger charge is 2.09. The zero-order valence-electron chi connectivity index (χ0n) is 14.3. The van der Waals surface area contributed by atoms with Gasteiger partial charge in [0.15, 0.2) is 0 Å². The summed E-state index contributed by atoms with van der Waals surface area (Å²) >= 11 is 0. The number of carbonyl (C=O) groups is 4. The Morgan fingerprint density at radius 2 is 1.08 bits per heavy atom. The molecule has 0 amide bonds. The van der Waals surface area contributed by atoms with Gasteiger partial charge in [-0.1, -0.05) is 6.07 Å². The lowest BCUT2D eigenvalue weighted by Gasteiger charge is -2.07. The Bertz CT molecular complexity index is 587. The van der Waals surface area contributed by atoms with E-state index in [1.165, 1.54) is 6.07 Å². The van der Waals surface area contributed by atoms with Crippen LogP contribution in [0.3, 0.4) is 0 Å². The van der Waals surface area contributed by atoms with E-state index in [2.05, 4.69) is 0 Å². The minimum Gasteiger partial charge on any atom is -0.481 e. The second-order valence-electron chi connectivity index (χ2n) is 5.62. The molecule has 0 spiro atoms. The Kier molecular flexibility index (Phi) is 9.45. The van der Waals surface area contributed by atoms with Crippen LogP contribution in [0.2, 0.25) is 0 Å². The predicted octanol–water partition coefficient (Wildman–Crippen LogP) is 2.79. The summed E-state index contributed by atoms with van der Waals surface area (Å²) in [6, 6.07) is 6.06. The van der Waals surface area contributed by atoms with Crippen LogP contribution in [0, 0.1) is 0 Å². The fourth-order valence-corrected chi connectivity index (χ4v) is 2.06. The lowest BCUT2D eigenvalue weighted by atomic mass is 10.2. The van der Waals surface area contributed by atoms with Crippen LogP contribution in [0.4, 0.5) is 0 Å². The summed E-state index contributed by atoms with van der Waals surface area (Å²) < 4.78 is 10.3. The van der Waals surface area contributed by atoms with Gasteiger partial charge >= 0.3 is 23.9 Å². The van der Waals surface area contributed by atoms with E-state index in [1.54, 1.807) is 18.2 Å². The molecule has 0 aliphatic carbocycles. The first-order valence-corrected chi connectivity index (χ1v) is 8.32. The van der Waals surface area contributed by atoms with Gasteiger partial charge in [0.2, 0.25) is 0 Å². The Hall–Kier alpha value is -2.90. The van der Waals surface area contributed by atoms with E-state index in [0.29, 0.717) is 25.7 Å². The summed E-state index contributed by atoms with van der Waals surface area (Å²) in [6.45, 7) is 0. The smallest absolute Gasteiger partial charge is 0.311 e. The number of esters is 2. The van der Waals surface area contributed by atoms with Crippen molar-refractivity contribution in [2.24, 2.45) is 0 Å². The van der Waals surface area contributed by atoms with Gasteiger partial charge in [0.1, 0.15) is 11.5 Å². The molecular weight excluding hydrogens is 344 g/mol. The Labute approximate surface area is 150 Å². The van der Waals surface area contributed by atoms with Gasteiger partial charge < -0.3 is 19.7 Å². The maximum absolute atomic E-state index is 11.7. The van der Waals surface area contributed by atoms with Crippen molar-refractivity contribution < 1.29 is 38.9 Å². The SMILES string of the molecule is O=C(O)CCCCC(=O)Oc1cccc(OC(=O)CCCCC(=O)O)c1. The third kappa shape index (κ3) is 10.1. The van der Waals surface area contributed by atoms with Crippen LogP contribution in [0.25, 0.3) is 0 Å². The van der Waals surface area contributed by atoms with Gasteiger partial charge in [-0.25, -0.2) is 0 Å². The predicted molar refractivity (Wildman–Crippen MR) is 89.9 cm³/mol. The molecule has 26 heavy (non-hydrogen) atoms. The van der Waals surface area contributed by atoms with E-state index in [4.69, 9.17) is 19.7 Å². The minimum absolute atomic E-state index is 0.00514. The van der Waals surface area contributed by atoms with Crippen LogP contribution in [-0.4, -0.2) is 34.1 Å². The number of hydrogen-bond donors (Lipinski definition) is 2. The maximum atomic E-state index is 11.7. The van der Waals surface area contributed by atoms with Gasteiger partial charge in [-0.15, -0.1) is 0 Å². The van der Waals surface area contributed by atoms with E-state index in [0.717, 1.165) is 0 Å². The molecule has 0 aliphatic rings. The molecule has 0 saturated carbocycles. The van der Waals surface area contributed by atoms with Crippen molar-refractivity contribution in [2.75, 3.05) is 0 Å². The zero-order chi connectivity index (χ0) is 19.4. The Morgan fingerprint density at radius 3 is 1.46 bits per heavy atom. The Morgan fingerprint density at radius 1 is 0.692 bits per heavy atom. The molecule has 0 heterocycles. The van der Waals surface area contributed by atoms with Crippen LogP contribution in [0.5, 0.6) is 11.5 Å². The average molecular weight is 366 g/mol. The molecule has 0 fully saturated rings. The van der Waals surface area contributed by atoms with Gasteiger partial charge in [-0.3, -0.25) is 19.2 Å². The number of unbranched alkanes of at least 4 members (excludes halogenated alkanes) is 2. The molecule has 0 aliphatic heterocycles. The molecule has 0 aromatic heterocycles. The van der Waals surface area contributed by atoms with Crippen LogP contribution >= 0.6 is 0 Å². The second kappa shape index (κ2) is 11.6. The van der Waals surface area contributed by atoms with Gasteiger partial charge in [0.05, 0.1) is 0 Å². The first kappa shape index (κ1) is 21.1. The fraction of sp³-hybridized carbons (Fsp3) is 0.444. The summed E-state index contributed by atoms with van der Waals surface area (Å²) in [4.78, 5) is 44.2. The van der Waals surface area contributed by atoms with Crippen LogP contribution in [-0.2, 0) is 19.2 Å². The van der Waals surface area contributed by atoms with E-state index in [-0.39, 0.29) is 37.2 Å². The summed E-state index contributed by atoms with van der Waals surface area (Å²) in [6.07, 6.45) is 1.82. The fourth-order valence-electron chi connectivity index (χ4n) is 2.06. The average Bonchev–Trinajstić information content (AvgIpc) is 2.55.